The van der Waals surface area contributed by atoms with Crippen LogP contribution in [0.15, 0.2) is 30.6 Å². The van der Waals surface area contributed by atoms with Crippen molar-refractivity contribution in [2.45, 2.75) is 6.54 Å². The van der Waals surface area contributed by atoms with Gasteiger partial charge >= 0.3 is 0 Å². The minimum Gasteiger partial charge on any atom is -0.336 e. The number of hydrogen-bond acceptors (Lipinski definition) is 3. The normalized spacial score (nSPS) is 10.4. The lowest BCUT2D eigenvalue weighted by Gasteiger charge is -2.16. The number of rotatable bonds is 3. The van der Waals surface area contributed by atoms with Gasteiger partial charge in [0.05, 0.1) is 12.4 Å². The second kappa shape index (κ2) is 5.92. The number of carbonyl (C=O) groups excluding carboxylic acids is 1. The van der Waals surface area contributed by atoms with Crippen molar-refractivity contribution >= 4 is 17.5 Å². The van der Waals surface area contributed by atoms with E-state index in [1.807, 2.05) is 0 Å². The van der Waals surface area contributed by atoms with Crippen LogP contribution in [0.4, 0.5) is 8.78 Å². The third kappa shape index (κ3) is 3.27. The van der Waals surface area contributed by atoms with Crippen LogP contribution in [0.1, 0.15) is 16.1 Å². The highest BCUT2D eigenvalue weighted by Gasteiger charge is 2.14. The Balaban J connectivity index is 2.11. The minimum atomic E-state index is -0.949. The van der Waals surface area contributed by atoms with Crippen molar-refractivity contribution < 1.29 is 13.6 Å². The molecular weight excluding hydrogens is 288 g/mol. The molecule has 0 N–H and O–H groups in total. The predicted octanol–water partition coefficient (Wildman–Crippen LogP) is 2.68. The summed E-state index contributed by atoms with van der Waals surface area (Å²) in [4.78, 5) is 21.0. The van der Waals surface area contributed by atoms with Gasteiger partial charge in [-0.25, -0.2) is 18.7 Å². The monoisotopic (exact) mass is 297 g/mol. The number of hydrogen-bond donors (Lipinski definition) is 0. The maximum absolute atomic E-state index is 13.1. The van der Waals surface area contributed by atoms with E-state index in [-0.39, 0.29) is 23.3 Å². The number of benzene rings is 1. The van der Waals surface area contributed by atoms with Crippen molar-refractivity contribution in [3.8, 4) is 0 Å². The van der Waals surface area contributed by atoms with Crippen LogP contribution >= 0.6 is 11.6 Å². The van der Waals surface area contributed by atoms with Gasteiger partial charge < -0.3 is 4.90 Å². The molecule has 0 atom stereocenters. The standard InChI is InChI=1S/C13H10ClF2N3O/c1-19(7-8-2-3-9(15)10(16)4-8)13(20)11-5-18-12(14)6-17-11/h2-6H,7H2,1H3. The predicted molar refractivity (Wildman–Crippen MR) is 69.2 cm³/mol. The summed E-state index contributed by atoms with van der Waals surface area (Å²) in [6.45, 7) is 0.125. The van der Waals surface area contributed by atoms with Crippen LogP contribution in [-0.2, 0) is 6.54 Å². The first-order chi connectivity index (χ1) is 9.47. The molecule has 0 saturated carbocycles. The van der Waals surface area contributed by atoms with E-state index in [9.17, 15) is 13.6 Å². The first-order valence-electron chi connectivity index (χ1n) is 5.64. The van der Waals surface area contributed by atoms with Gasteiger partial charge in [0.1, 0.15) is 10.8 Å². The molecule has 1 amide bonds. The molecule has 20 heavy (non-hydrogen) atoms. The Bertz CT molecular complexity index is 634. The molecule has 0 spiro atoms. The lowest BCUT2D eigenvalue weighted by Crippen LogP contribution is -2.27. The van der Waals surface area contributed by atoms with E-state index >= 15 is 0 Å². The van der Waals surface area contributed by atoms with E-state index in [0.29, 0.717) is 5.56 Å². The molecule has 104 valence electrons. The number of aromatic nitrogens is 2. The number of amides is 1. The number of carbonyl (C=O) groups is 1. The van der Waals surface area contributed by atoms with Crippen LogP contribution < -0.4 is 0 Å². The topological polar surface area (TPSA) is 46.1 Å². The van der Waals surface area contributed by atoms with Crippen LogP contribution in [0, 0.1) is 11.6 Å². The highest BCUT2D eigenvalue weighted by Crippen LogP contribution is 2.12. The third-order valence-electron chi connectivity index (χ3n) is 2.59. The van der Waals surface area contributed by atoms with Gasteiger partial charge in [0.2, 0.25) is 0 Å². The summed E-state index contributed by atoms with van der Waals surface area (Å²) in [5, 5.41) is 0.185. The second-order valence-corrected chi connectivity index (χ2v) is 4.52. The molecule has 0 unspecified atom stereocenters. The van der Waals surface area contributed by atoms with Gasteiger partial charge in [0, 0.05) is 13.6 Å². The molecule has 2 rings (SSSR count). The summed E-state index contributed by atoms with van der Waals surface area (Å²) >= 11 is 5.58. The zero-order valence-electron chi connectivity index (χ0n) is 10.5. The average Bonchev–Trinajstić information content (AvgIpc) is 2.43. The van der Waals surface area contributed by atoms with Crippen LogP contribution in [0.2, 0.25) is 5.15 Å². The van der Waals surface area contributed by atoms with Crippen LogP contribution in [0.5, 0.6) is 0 Å². The Kier molecular flexibility index (Phi) is 4.24. The van der Waals surface area contributed by atoms with Crippen LogP contribution in [0.3, 0.4) is 0 Å². The van der Waals surface area contributed by atoms with E-state index in [2.05, 4.69) is 9.97 Å². The van der Waals surface area contributed by atoms with Gasteiger partial charge in [-0.05, 0) is 17.7 Å². The molecule has 1 aromatic carbocycles. The largest absolute Gasteiger partial charge is 0.336 e. The lowest BCUT2D eigenvalue weighted by molar-refractivity contribution is 0.0778. The summed E-state index contributed by atoms with van der Waals surface area (Å²) in [7, 11) is 1.53. The molecule has 0 aliphatic rings. The van der Waals surface area contributed by atoms with Crippen molar-refractivity contribution in [1.29, 1.82) is 0 Å². The fourth-order valence-corrected chi connectivity index (χ4v) is 1.70. The maximum Gasteiger partial charge on any atom is 0.274 e. The van der Waals surface area contributed by atoms with Gasteiger partial charge in [0.25, 0.3) is 5.91 Å². The zero-order chi connectivity index (χ0) is 14.7. The van der Waals surface area contributed by atoms with Crippen molar-refractivity contribution in [3.05, 3.63) is 58.6 Å². The van der Waals surface area contributed by atoms with Gasteiger partial charge in [-0.3, -0.25) is 4.79 Å². The summed E-state index contributed by atoms with van der Waals surface area (Å²) in [5.41, 5.74) is 0.598. The fraction of sp³-hybridized carbons (Fsp3) is 0.154. The highest BCUT2D eigenvalue weighted by atomic mass is 35.5. The molecule has 1 heterocycles. The lowest BCUT2D eigenvalue weighted by atomic mass is 10.2. The Labute approximate surface area is 119 Å². The Hall–Kier alpha value is -2.08. The van der Waals surface area contributed by atoms with Crippen LogP contribution in [0.25, 0.3) is 0 Å². The molecule has 0 saturated heterocycles. The van der Waals surface area contributed by atoms with Crippen molar-refractivity contribution in [3.63, 3.8) is 0 Å². The molecule has 0 aliphatic carbocycles. The first-order valence-corrected chi connectivity index (χ1v) is 6.02. The molecule has 4 nitrogen and oxygen atoms in total. The van der Waals surface area contributed by atoms with Gasteiger partial charge in [-0.1, -0.05) is 17.7 Å². The van der Waals surface area contributed by atoms with Crippen molar-refractivity contribution in [1.82, 2.24) is 14.9 Å². The highest BCUT2D eigenvalue weighted by molar-refractivity contribution is 6.29. The van der Waals surface area contributed by atoms with E-state index < -0.39 is 11.6 Å². The molecule has 0 aliphatic heterocycles. The molecule has 1 aromatic heterocycles. The molecule has 0 bridgehead atoms. The van der Waals surface area contributed by atoms with E-state index in [1.165, 1.54) is 30.4 Å². The van der Waals surface area contributed by atoms with Crippen molar-refractivity contribution in [2.24, 2.45) is 0 Å². The summed E-state index contributed by atoms with van der Waals surface area (Å²) < 4.78 is 25.9. The fourth-order valence-electron chi connectivity index (χ4n) is 1.60. The van der Waals surface area contributed by atoms with Crippen molar-refractivity contribution in [2.75, 3.05) is 7.05 Å². The van der Waals surface area contributed by atoms with E-state index in [4.69, 9.17) is 11.6 Å². The van der Waals surface area contributed by atoms with Gasteiger partial charge in [-0.2, -0.15) is 0 Å². The zero-order valence-corrected chi connectivity index (χ0v) is 11.2. The average molecular weight is 298 g/mol. The summed E-state index contributed by atoms with van der Waals surface area (Å²) in [6, 6.07) is 3.48. The summed E-state index contributed by atoms with van der Waals surface area (Å²) in [6.07, 6.45) is 2.52. The maximum atomic E-state index is 13.1. The SMILES string of the molecule is CN(Cc1ccc(F)c(F)c1)C(=O)c1cnc(Cl)cn1. The molecule has 0 radical (unpaired) electrons. The minimum absolute atomic E-state index is 0.125. The number of halogens is 3. The summed E-state index contributed by atoms with van der Waals surface area (Å²) in [5.74, 6) is -2.26. The second-order valence-electron chi connectivity index (χ2n) is 4.13. The van der Waals surface area contributed by atoms with Gasteiger partial charge in [-0.15, -0.1) is 0 Å². The molecular formula is C13H10ClF2N3O. The first kappa shape index (κ1) is 14.3. The smallest absolute Gasteiger partial charge is 0.274 e. The van der Waals surface area contributed by atoms with E-state index in [0.717, 1.165) is 12.1 Å². The molecule has 2 aromatic rings. The quantitative estimate of drug-likeness (QED) is 0.875. The Morgan fingerprint density at radius 1 is 1.25 bits per heavy atom. The molecule has 0 fully saturated rings. The Morgan fingerprint density at radius 2 is 2.00 bits per heavy atom. The number of nitrogens with zero attached hydrogens (tertiary/aromatic N) is 3. The van der Waals surface area contributed by atoms with Gasteiger partial charge in [0.15, 0.2) is 11.6 Å². The van der Waals surface area contributed by atoms with Crippen LogP contribution in [-0.4, -0.2) is 27.8 Å². The third-order valence-corrected chi connectivity index (χ3v) is 2.79. The van der Waals surface area contributed by atoms with E-state index in [1.54, 1.807) is 0 Å². The molecule has 7 heteroatoms. The Morgan fingerprint density at radius 3 is 2.60 bits per heavy atom.